The van der Waals surface area contributed by atoms with E-state index in [1.54, 1.807) is 4.90 Å². The average Bonchev–Trinajstić information content (AvgIpc) is 3.03. The number of amides is 2. The van der Waals surface area contributed by atoms with Crippen LogP contribution in [-0.4, -0.2) is 22.8 Å². The molecule has 0 fully saturated rings. The summed E-state index contributed by atoms with van der Waals surface area (Å²) < 4.78 is 0. The highest BCUT2D eigenvalue weighted by molar-refractivity contribution is 6.03. The zero-order chi connectivity index (χ0) is 20.4. The standard InChI is InChI=1S/C25H24N2O2/c1-17-12-18(2)14-21(13-17)26-24(28)23(15-19-8-4-3-5-9-19)27-16-20-10-6-7-11-22(20)25(27)29/h3-14,23H,15-16H2,1-2H3,(H,26,28)/t23-/m0/s1. The molecule has 4 nitrogen and oxygen atoms in total. The van der Waals surface area contributed by atoms with Crippen LogP contribution in [0.2, 0.25) is 0 Å². The van der Waals surface area contributed by atoms with E-state index in [1.807, 2.05) is 80.6 Å². The van der Waals surface area contributed by atoms with Gasteiger partial charge < -0.3 is 10.2 Å². The minimum atomic E-state index is -0.585. The van der Waals surface area contributed by atoms with Crippen molar-refractivity contribution < 1.29 is 9.59 Å². The van der Waals surface area contributed by atoms with Gasteiger partial charge in [-0.05, 0) is 54.3 Å². The van der Waals surface area contributed by atoms with Gasteiger partial charge in [-0.1, -0.05) is 54.6 Å². The van der Waals surface area contributed by atoms with Crippen LogP contribution in [0.5, 0.6) is 0 Å². The number of benzene rings is 3. The van der Waals surface area contributed by atoms with Crippen molar-refractivity contribution in [3.63, 3.8) is 0 Å². The van der Waals surface area contributed by atoms with Gasteiger partial charge in [0.05, 0.1) is 0 Å². The van der Waals surface area contributed by atoms with E-state index >= 15 is 0 Å². The molecule has 146 valence electrons. The lowest BCUT2D eigenvalue weighted by molar-refractivity contribution is -0.120. The van der Waals surface area contributed by atoms with Gasteiger partial charge in [0.1, 0.15) is 6.04 Å². The van der Waals surface area contributed by atoms with Gasteiger partial charge in [-0.2, -0.15) is 0 Å². The molecule has 0 unspecified atom stereocenters. The fourth-order valence-corrected chi connectivity index (χ4v) is 3.98. The van der Waals surface area contributed by atoms with Crippen LogP contribution in [0.25, 0.3) is 0 Å². The third kappa shape index (κ3) is 4.06. The van der Waals surface area contributed by atoms with E-state index in [9.17, 15) is 9.59 Å². The van der Waals surface area contributed by atoms with Gasteiger partial charge in [0, 0.05) is 24.2 Å². The first kappa shape index (κ1) is 18.9. The Hall–Kier alpha value is -3.40. The van der Waals surface area contributed by atoms with Gasteiger partial charge in [0.2, 0.25) is 5.91 Å². The second-order valence-corrected chi connectivity index (χ2v) is 7.66. The van der Waals surface area contributed by atoms with Crippen LogP contribution in [0.3, 0.4) is 0 Å². The molecule has 0 bridgehead atoms. The first-order valence-corrected chi connectivity index (χ1v) is 9.83. The Kier molecular flexibility index (Phi) is 5.17. The van der Waals surface area contributed by atoms with Gasteiger partial charge in [-0.3, -0.25) is 9.59 Å². The molecular weight excluding hydrogens is 360 g/mol. The normalized spacial score (nSPS) is 13.9. The Morgan fingerprint density at radius 2 is 1.62 bits per heavy atom. The molecule has 0 saturated heterocycles. The Morgan fingerprint density at radius 1 is 0.966 bits per heavy atom. The van der Waals surface area contributed by atoms with Crippen molar-refractivity contribution >= 4 is 17.5 Å². The maximum absolute atomic E-state index is 13.3. The van der Waals surface area contributed by atoms with Crippen molar-refractivity contribution in [2.24, 2.45) is 0 Å². The Morgan fingerprint density at radius 3 is 2.31 bits per heavy atom. The summed E-state index contributed by atoms with van der Waals surface area (Å²) >= 11 is 0. The van der Waals surface area contributed by atoms with Gasteiger partial charge in [-0.15, -0.1) is 0 Å². The summed E-state index contributed by atoms with van der Waals surface area (Å²) in [4.78, 5) is 28.0. The number of anilines is 1. The molecule has 0 aliphatic carbocycles. The second kappa shape index (κ2) is 7.92. The molecule has 3 aromatic rings. The molecule has 0 spiro atoms. The van der Waals surface area contributed by atoms with Crippen molar-refractivity contribution in [3.05, 3.63) is 101 Å². The van der Waals surface area contributed by atoms with Crippen molar-refractivity contribution in [1.82, 2.24) is 4.90 Å². The van der Waals surface area contributed by atoms with E-state index in [-0.39, 0.29) is 11.8 Å². The third-order valence-electron chi connectivity index (χ3n) is 5.29. The van der Waals surface area contributed by atoms with E-state index in [4.69, 9.17) is 0 Å². The maximum Gasteiger partial charge on any atom is 0.255 e. The average molecular weight is 384 g/mol. The molecule has 1 atom stereocenters. The Bertz CT molecular complexity index is 1040. The van der Waals surface area contributed by atoms with Crippen LogP contribution < -0.4 is 5.32 Å². The number of hydrogen-bond acceptors (Lipinski definition) is 2. The predicted molar refractivity (Wildman–Crippen MR) is 115 cm³/mol. The summed E-state index contributed by atoms with van der Waals surface area (Å²) in [7, 11) is 0. The smallest absolute Gasteiger partial charge is 0.255 e. The molecule has 1 heterocycles. The lowest BCUT2D eigenvalue weighted by Gasteiger charge is -2.27. The van der Waals surface area contributed by atoms with Gasteiger partial charge in [0.25, 0.3) is 5.91 Å². The third-order valence-corrected chi connectivity index (χ3v) is 5.29. The first-order chi connectivity index (χ1) is 14.0. The van der Waals surface area contributed by atoms with Crippen LogP contribution in [0, 0.1) is 13.8 Å². The minimum Gasteiger partial charge on any atom is -0.324 e. The Balaban J connectivity index is 1.63. The van der Waals surface area contributed by atoms with Crippen LogP contribution in [0.1, 0.15) is 32.6 Å². The Labute approximate surface area is 171 Å². The maximum atomic E-state index is 13.3. The molecular formula is C25H24N2O2. The van der Waals surface area contributed by atoms with E-state index in [2.05, 4.69) is 11.4 Å². The number of fused-ring (bicyclic) bond motifs is 1. The highest BCUT2D eigenvalue weighted by Gasteiger charge is 2.36. The number of nitrogens with one attached hydrogen (secondary N) is 1. The molecule has 3 aromatic carbocycles. The molecule has 4 heteroatoms. The number of nitrogens with zero attached hydrogens (tertiary/aromatic N) is 1. The fourth-order valence-electron chi connectivity index (χ4n) is 3.98. The summed E-state index contributed by atoms with van der Waals surface area (Å²) in [6.45, 7) is 4.46. The minimum absolute atomic E-state index is 0.0860. The molecule has 4 rings (SSSR count). The zero-order valence-electron chi connectivity index (χ0n) is 16.7. The molecule has 29 heavy (non-hydrogen) atoms. The predicted octanol–water partition coefficient (Wildman–Crippen LogP) is 4.51. The summed E-state index contributed by atoms with van der Waals surface area (Å²) in [5, 5.41) is 3.04. The molecule has 1 aliphatic rings. The van der Waals surface area contributed by atoms with Gasteiger partial charge in [0.15, 0.2) is 0 Å². The van der Waals surface area contributed by atoms with Crippen molar-refractivity contribution in [2.75, 3.05) is 5.32 Å². The highest BCUT2D eigenvalue weighted by atomic mass is 16.2. The number of carbonyl (C=O) groups excluding carboxylic acids is 2. The molecule has 0 saturated carbocycles. The monoisotopic (exact) mass is 384 g/mol. The van der Waals surface area contributed by atoms with E-state index in [0.29, 0.717) is 18.5 Å². The summed E-state index contributed by atoms with van der Waals surface area (Å²) in [5.41, 5.74) is 5.61. The zero-order valence-corrected chi connectivity index (χ0v) is 16.7. The topological polar surface area (TPSA) is 49.4 Å². The first-order valence-electron chi connectivity index (χ1n) is 9.83. The SMILES string of the molecule is Cc1cc(C)cc(NC(=O)[C@H](Cc2ccccc2)N2Cc3ccccc3C2=O)c1. The summed E-state index contributed by atoms with van der Waals surface area (Å²) in [5.74, 6) is -0.253. The van der Waals surface area contributed by atoms with Crippen molar-refractivity contribution in [3.8, 4) is 0 Å². The molecule has 0 radical (unpaired) electrons. The lowest BCUT2D eigenvalue weighted by atomic mass is 10.0. The molecule has 1 N–H and O–H groups in total. The fraction of sp³-hybridized carbons (Fsp3) is 0.200. The van der Waals surface area contributed by atoms with Crippen LogP contribution in [0.4, 0.5) is 5.69 Å². The lowest BCUT2D eigenvalue weighted by Crippen LogP contribution is -2.45. The largest absolute Gasteiger partial charge is 0.324 e. The van der Waals surface area contributed by atoms with Crippen molar-refractivity contribution in [2.45, 2.75) is 32.9 Å². The van der Waals surface area contributed by atoms with Gasteiger partial charge >= 0.3 is 0 Å². The highest BCUT2D eigenvalue weighted by Crippen LogP contribution is 2.26. The van der Waals surface area contributed by atoms with E-state index < -0.39 is 6.04 Å². The number of rotatable bonds is 5. The molecule has 0 aromatic heterocycles. The number of aryl methyl sites for hydroxylation is 2. The van der Waals surface area contributed by atoms with E-state index in [0.717, 1.165) is 27.9 Å². The van der Waals surface area contributed by atoms with Crippen LogP contribution >= 0.6 is 0 Å². The van der Waals surface area contributed by atoms with Gasteiger partial charge in [-0.25, -0.2) is 0 Å². The van der Waals surface area contributed by atoms with E-state index in [1.165, 1.54) is 0 Å². The second-order valence-electron chi connectivity index (χ2n) is 7.66. The quantitative estimate of drug-likeness (QED) is 0.704. The van der Waals surface area contributed by atoms with Crippen LogP contribution in [0.15, 0.2) is 72.8 Å². The number of carbonyl (C=O) groups is 2. The summed E-state index contributed by atoms with van der Waals surface area (Å²) in [6.07, 6.45) is 0.469. The number of hydrogen-bond donors (Lipinski definition) is 1. The van der Waals surface area contributed by atoms with Crippen molar-refractivity contribution in [1.29, 1.82) is 0 Å². The summed E-state index contributed by atoms with van der Waals surface area (Å²) in [6, 6.07) is 22.8. The molecule has 1 aliphatic heterocycles. The molecule has 2 amide bonds. The van der Waals surface area contributed by atoms with Crippen LogP contribution in [-0.2, 0) is 17.8 Å².